The number of carbonyl (C=O) groups is 1. The van der Waals surface area contributed by atoms with E-state index in [0.29, 0.717) is 22.1 Å². The molecule has 0 bridgehead atoms. The minimum atomic E-state index is -0.124. The van der Waals surface area contributed by atoms with Crippen LogP contribution in [0.3, 0.4) is 0 Å². The molecule has 0 atom stereocenters. The summed E-state index contributed by atoms with van der Waals surface area (Å²) in [6, 6.07) is 14.1. The van der Waals surface area contributed by atoms with Gasteiger partial charge in [-0.05, 0) is 50.2 Å². The number of para-hydroxylation sites is 1. The van der Waals surface area contributed by atoms with Crippen molar-refractivity contribution in [1.82, 2.24) is 0 Å². The monoisotopic (exact) mass is 304 g/mol. The molecule has 0 heterocycles. The fraction of sp³-hybridized carbons (Fsp3) is 0.235. The van der Waals surface area contributed by atoms with Gasteiger partial charge in [-0.3, -0.25) is 4.79 Å². The second kappa shape index (κ2) is 7.14. The maximum Gasteiger partial charge on any atom is 0.203 e. The summed E-state index contributed by atoms with van der Waals surface area (Å²) in [6.07, 6.45) is 0.0103. The third-order valence-electron chi connectivity index (χ3n) is 2.73. The van der Waals surface area contributed by atoms with Gasteiger partial charge in [0.25, 0.3) is 0 Å². The number of Topliss-reactive ketones (excluding diaryl/α,β-unsaturated/α-hetero) is 1. The van der Waals surface area contributed by atoms with E-state index in [1.54, 1.807) is 36.4 Å². The maximum absolute atomic E-state index is 12.3. The van der Waals surface area contributed by atoms with Gasteiger partial charge in [-0.15, -0.1) is 0 Å². The van der Waals surface area contributed by atoms with Crippen LogP contribution < -0.4 is 9.47 Å². The van der Waals surface area contributed by atoms with Crippen LogP contribution in [0.1, 0.15) is 24.2 Å². The summed E-state index contributed by atoms with van der Waals surface area (Å²) in [5.74, 6) is 1.06. The molecule has 0 unspecified atom stereocenters. The predicted octanol–water partition coefficient (Wildman–Crippen LogP) is 4.39. The first-order valence-electron chi connectivity index (χ1n) is 6.73. The molecule has 2 aromatic rings. The van der Waals surface area contributed by atoms with Crippen LogP contribution in [0.25, 0.3) is 0 Å². The van der Waals surface area contributed by atoms with Gasteiger partial charge in [0.05, 0.1) is 11.7 Å². The van der Waals surface area contributed by atoms with E-state index in [-0.39, 0.29) is 18.5 Å². The zero-order valence-electron chi connectivity index (χ0n) is 12.0. The first-order valence-corrected chi connectivity index (χ1v) is 7.11. The number of ether oxygens (including phenoxy) is 2. The van der Waals surface area contributed by atoms with Crippen molar-refractivity contribution in [1.29, 1.82) is 0 Å². The van der Waals surface area contributed by atoms with Crippen molar-refractivity contribution in [2.45, 2.75) is 20.0 Å². The molecule has 0 N–H and O–H groups in total. The lowest BCUT2D eigenvalue weighted by Gasteiger charge is -2.13. The Morgan fingerprint density at radius 1 is 1.10 bits per heavy atom. The lowest BCUT2D eigenvalue weighted by molar-refractivity contribution is 0.0915. The van der Waals surface area contributed by atoms with Gasteiger partial charge in [0.15, 0.2) is 6.61 Å². The van der Waals surface area contributed by atoms with Crippen LogP contribution in [0.5, 0.6) is 11.5 Å². The summed E-state index contributed by atoms with van der Waals surface area (Å²) in [5.41, 5.74) is 0.528. The maximum atomic E-state index is 12.3. The quantitative estimate of drug-likeness (QED) is 0.743. The number of rotatable bonds is 6. The van der Waals surface area contributed by atoms with Crippen LogP contribution in [0, 0.1) is 0 Å². The molecule has 0 aliphatic rings. The van der Waals surface area contributed by atoms with Crippen molar-refractivity contribution in [3.63, 3.8) is 0 Å². The molecule has 0 saturated heterocycles. The summed E-state index contributed by atoms with van der Waals surface area (Å²) in [7, 11) is 0. The minimum Gasteiger partial charge on any atom is -0.490 e. The fourth-order valence-corrected chi connectivity index (χ4v) is 1.94. The summed E-state index contributed by atoms with van der Waals surface area (Å²) in [4.78, 5) is 12.3. The molecule has 0 fully saturated rings. The van der Waals surface area contributed by atoms with Gasteiger partial charge in [0.2, 0.25) is 5.78 Å². The number of benzene rings is 2. The second-order valence-electron chi connectivity index (χ2n) is 4.83. The van der Waals surface area contributed by atoms with Crippen LogP contribution in [-0.4, -0.2) is 18.5 Å². The first kappa shape index (κ1) is 15.4. The average molecular weight is 305 g/mol. The molecule has 0 aliphatic carbocycles. The van der Waals surface area contributed by atoms with Crippen LogP contribution in [0.4, 0.5) is 0 Å². The van der Waals surface area contributed by atoms with Gasteiger partial charge in [-0.1, -0.05) is 23.7 Å². The number of hydrogen-bond donors (Lipinski definition) is 0. The number of carbonyl (C=O) groups excluding carboxylic acids is 1. The summed E-state index contributed by atoms with van der Waals surface area (Å²) >= 11 is 5.80. The summed E-state index contributed by atoms with van der Waals surface area (Å²) in [5, 5.41) is 0.629. The Labute approximate surface area is 129 Å². The number of ketones is 1. The normalized spacial score (nSPS) is 10.5. The molecule has 3 nitrogen and oxygen atoms in total. The van der Waals surface area contributed by atoms with E-state index in [0.717, 1.165) is 0 Å². The molecule has 2 aromatic carbocycles. The summed E-state index contributed by atoms with van der Waals surface area (Å²) < 4.78 is 11.1. The van der Waals surface area contributed by atoms with Crippen LogP contribution in [0.2, 0.25) is 5.02 Å². The SMILES string of the molecule is CC(C)Oc1ccccc1C(=O)COc1ccc(Cl)cc1. The van der Waals surface area contributed by atoms with E-state index in [2.05, 4.69) is 0 Å². The molecule has 110 valence electrons. The molecule has 21 heavy (non-hydrogen) atoms. The Morgan fingerprint density at radius 3 is 2.43 bits per heavy atom. The molecule has 0 amide bonds. The molecule has 2 rings (SSSR count). The van der Waals surface area contributed by atoms with E-state index < -0.39 is 0 Å². The summed E-state index contributed by atoms with van der Waals surface area (Å²) in [6.45, 7) is 3.80. The van der Waals surface area contributed by atoms with Gasteiger partial charge in [0, 0.05) is 5.02 Å². The van der Waals surface area contributed by atoms with E-state index in [1.807, 2.05) is 26.0 Å². The predicted molar refractivity (Wildman–Crippen MR) is 83.5 cm³/mol. The Morgan fingerprint density at radius 2 is 1.76 bits per heavy atom. The topological polar surface area (TPSA) is 35.5 Å². The van der Waals surface area contributed by atoms with Crippen LogP contribution in [-0.2, 0) is 0 Å². The van der Waals surface area contributed by atoms with Crippen LogP contribution in [0.15, 0.2) is 48.5 Å². The third kappa shape index (κ3) is 4.50. The highest BCUT2D eigenvalue weighted by molar-refractivity contribution is 6.30. The Kier molecular flexibility index (Phi) is 5.23. The molecular weight excluding hydrogens is 288 g/mol. The molecule has 0 radical (unpaired) electrons. The van der Waals surface area contributed by atoms with Crippen molar-refractivity contribution in [2.75, 3.05) is 6.61 Å². The van der Waals surface area contributed by atoms with Crippen LogP contribution >= 0.6 is 11.6 Å². The van der Waals surface area contributed by atoms with E-state index >= 15 is 0 Å². The standard InChI is InChI=1S/C17H17ClO3/c1-12(2)21-17-6-4-3-5-15(17)16(19)11-20-14-9-7-13(18)8-10-14/h3-10,12H,11H2,1-2H3. The molecule has 0 spiro atoms. The lowest BCUT2D eigenvalue weighted by Crippen LogP contribution is -2.15. The first-order chi connectivity index (χ1) is 10.1. The van der Waals surface area contributed by atoms with Gasteiger partial charge >= 0.3 is 0 Å². The van der Waals surface area contributed by atoms with Crippen molar-refractivity contribution < 1.29 is 14.3 Å². The smallest absolute Gasteiger partial charge is 0.203 e. The number of hydrogen-bond acceptors (Lipinski definition) is 3. The van der Waals surface area contributed by atoms with Gasteiger partial charge < -0.3 is 9.47 Å². The fourth-order valence-electron chi connectivity index (χ4n) is 1.81. The third-order valence-corrected chi connectivity index (χ3v) is 2.99. The van der Waals surface area contributed by atoms with Crippen molar-refractivity contribution in [3.8, 4) is 11.5 Å². The van der Waals surface area contributed by atoms with Gasteiger partial charge in [-0.2, -0.15) is 0 Å². The van der Waals surface area contributed by atoms with Gasteiger partial charge in [-0.25, -0.2) is 0 Å². The Bertz CT molecular complexity index is 606. The van der Waals surface area contributed by atoms with E-state index in [9.17, 15) is 4.79 Å². The molecule has 0 aliphatic heterocycles. The lowest BCUT2D eigenvalue weighted by atomic mass is 10.1. The molecule has 4 heteroatoms. The van der Waals surface area contributed by atoms with Crippen molar-refractivity contribution >= 4 is 17.4 Å². The number of halogens is 1. The minimum absolute atomic E-state index is 0.0103. The molecule has 0 aromatic heterocycles. The second-order valence-corrected chi connectivity index (χ2v) is 5.26. The van der Waals surface area contributed by atoms with Gasteiger partial charge in [0.1, 0.15) is 11.5 Å². The van der Waals surface area contributed by atoms with Crippen molar-refractivity contribution in [3.05, 3.63) is 59.1 Å². The molecular formula is C17H17ClO3. The highest BCUT2D eigenvalue weighted by Crippen LogP contribution is 2.21. The highest BCUT2D eigenvalue weighted by Gasteiger charge is 2.13. The van der Waals surface area contributed by atoms with E-state index in [4.69, 9.17) is 21.1 Å². The Hall–Kier alpha value is -2.00. The zero-order valence-corrected chi connectivity index (χ0v) is 12.8. The Balaban J connectivity index is 2.05. The largest absolute Gasteiger partial charge is 0.490 e. The molecule has 0 saturated carbocycles. The van der Waals surface area contributed by atoms with Crippen molar-refractivity contribution in [2.24, 2.45) is 0 Å². The van der Waals surface area contributed by atoms with E-state index in [1.165, 1.54) is 0 Å². The zero-order chi connectivity index (χ0) is 15.2. The average Bonchev–Trinajstić information content (AvgIpc) is 2.46. The highest BCUT2D eigenvalue weighted by atomic mass is 35.5.